The van der Waals surface area contributed by atoms with Gasteiger partial charge in [0.1, 0.15) is 18.1 Å². The Bertz CT molecular complexity index is 1050. The van der Waals surface area contributed by atoms with Crippen molar-refractivity contribution in [2.45, 2.75) is 33.5 Å². The average Bonchev–Trinajstić information content (AvgIpc) is 3.19. The van der Waals surface area contributed by atoms with Gasteiger partial charge in [0.15, 0.2) is 6.10 Å². The summed E-state index contributed by atoms with van der Waals surface area (Å²) in [6.07, 6.45) is -0.996. The van der Waals surface area contributed by atoms with Gasteiger partial charge in [0.25, 0.3) is 5.91 Å². The maximum Gasteiger partial charge on any atom is 0.339 e. The van der Waals surface area contributed by atoms with E-state index in [9.17, 15) is 9.59 Å². The van der Waals surface area contributed by atoms with Crippen molar-refractivity contribution in [3.8, 4) is 11.5 Å². The number of hydrogen-bond acceptors (Lipinski definition) is 7. The number of para-hydroxylation sites is 2. The van der Waals surface area contributed by atoms with Crippen LogP contribution in [0.1, 0.15) is 34.9 Å². The van der Waals surface area contributed by atoms with E-state index in [1.54, 1.807) is 53.8 Å². The van der Waals surface area contributed by atoms with Crippen LogP contribution in [0.15, 0.2) is 53.9 Å². The number of nitrogens with zero attached hydrogens (tertiary/aromatic N) is 1. The number of esters is 1. The van der Waals surface area contributed by atoms with E-state index in [0.717, 1.165) is 10.7 Å². The maximum absolute atomic E-state index is 12.5. The minimum atomic E-state index is -0.996. The van der Waals surface area contributed by atoms with Gasteiger partial charge in [0.2, 0.25) is 0 Å². The molecule has 8 heteroatoms. The molecule has 3 rings (SSSR count). The number of aromatic nitrogens is 1. The van der Waals surface area contributed by atoms with Gasteiger partial charge < -0.3 is 19.5 Å². The molecule has 1 unspecified atom stereocenters. The standard InChI is InChI=1S/C23H24N2O5S/c1-4-28-21-11-6-5-10-20(21)25-22(26)15(2)30-23(27)17-8-7-9-19(12-17)29-13-18-14-31-16(3)24-18/h5-12,14-15H,4,13H2,1-3H3,(H,25,26). The molecule has 1 amide bonds. The smallest absolute Gasteiger partial charge is 0.339 e. The van der Waals surface area contributed by atoms with Gasteiger partial charge in [-0.3, -0.25) is 4.79 Å². The van der Waals surface area contributed by atoms with Crippen molar-refractivity contribution >= 4 is 28.9 Å². The Kier molecular flexibility index (Phi) is 7.61. The van der Waals surface area contributed by atoms with Crippen molar-refractivity contribution < 1.29 is 23.8 Å². The van der Waals surface area contributed by atoms with E-state index in [-0.39, 0.29) is 0 Å². The predicted octanol–water partition coefficient (Wildman–Crippen LogP) is 4.61. The summed E-state index contributed by atoms with van der Waals surface area (Å²) in [5.41, 5.74) is 1.64. The number of rotatable bonds is 9. The highest BCUT2D eigenvalue weighted by atomic mass is 32.1. The zero-order valence-corrected chi connectivity index (χ0v) is 18.4. The Labute approximate surface area is 185 Å². The van der Waals surface area contributed by atoms with Gasteiger partial charge >= 0.3 is 5.97 Å². The third-order valence-corrected chi connectivity index (χ3v) is 5.04. The molecule has 1 atom stereocenters. The lowest BCUT2D eigenvalue weighted by atomic mass is 10.2. The lowest BCUT2D eigenvalue weighted by Crippen LogP contribution is -2.30. The molecule has 162 valence electrons. The molecular weight excluding hydrogens is 416 g/mol. The monoisotopic (exact) mass is 440 g/mol. The lowest BCUT2D eigenvalue weighted by Gasteiger charge is -2.16. The van der Waals surface area contributed by atoms with Gasteiger partial charge in [-0.2, -0.15) is 0 Å². The van der Waals surface area contributed by atoms with Crippen LogP contribution >= 0.6 is 11.3 Å². The lowest BCUT2D eigenvalue weighted by molar-refractivity contribution is -0.123. The first-order valence-electron chi connectivity index (χ1n) is 9.83. The molecule has 0 bridgehead atoms. The summed E-state index contributed by atoms with van der Waals surface area (Å²) in [7, 11) is 0. The summed E-state index contributed by atoms with van der Waals surface area (Å²) in [5, 5.41) is 5.62. The zero-order valence-electron chi connectivity index (χ0n) is 17.6. The topological polar surface area (TPSA) is 86.8 Å². The fourth-order valence-corrected chi connectivity index (χ4v) is 3.31. The highest BCUT2D eigenvalue weighted by Crippen LogP contribution is 2.24. The van der Waals surface area contributed by atoms with Crippen LogP contribution in [0.25, 0.3) is 0 Å². The Hall–Kier alpha value is -3.39. The van der Waals surface area contributed by atoms with Crippen molar-refractivity contribution in [1.82, 2.24) is 4.98 Å². The van der Waals surface area contributed by atoms with Crippen molar-refractivity contribution in [2.24, 2.45) is 0 Å². The van der Waals surface area contributed by atoms with Crippen molar-refractivity contribution in [3.63, 3.8) is 0 Å². The van der Waals surface area contributed by atoms with Crippen LogP contribution in [0.5, 0.6) is 11.5 Å². The summed E-state index contributed by atoms with van der Waals surface area (Å²) < 4.78 is 16.5. The van der Waals surface area contributed by atoms with Gasteiger partial charge in [0, 0.05) is 5.38 Å². The molecule has 0 aliphatic rings. The second-order valence-corrected chi connectivity index (χ2v) is 7.70. The van der Waals surface area contributed by atoms with E-state index < -0.39 is 18.0 Å². The predicted molar refractivity (Wildman–Crippen MR) is 119 cm³/mol. The van der Waals surface area contributed by atoms with Gasteiger partial charge in [0.05, 0.1) is 28.6 Å². The molecule has 3 aromatic rings. The SMILES string of the molecule is CCOc1ccccc1NC(=O)C(C)OC(=O)c1cccc(OCc2csc(C)n2)c1. The van der Waals surface area contributed by atoms with Crippen molar-refractivity contribution in [1.29, 1.82) is 0 Å². The molecule has 0 fully saturated rings. The Morgan fingerprint density at radius 2 is 1.94 bits per heavy atom. The van der Waals surface area contributed by atoms with Gasteiger partial charge in [-0.25, -0.2) is 9.78 Å². The van der Waals surface area contributed by atoms with E-state index in [1.165, 1.54) is 6.92 Å². The fraction of sp³-hybridized carbons (Fsp3) is 0.261. The highest BCUT2D eigenvalue weighted by Gasteiger charge is 2.20. The molecule has 1 aromatic heterocycles. The minimum absolute atomic E-state index is 0.293. The third-order valence-electron chi connectivity index (χ3n) is 4.22. The van der Waals surface area contributed by atoms with E-state index >= 15 is 0 Å². The quantitative estimate of drug-likeness (QED) is 0.489. The Morgan fingerprint density at radius 3 is 2.68 bits per heavy atom. The van der Waals surface area contributed by atoms with E-state index in [2.05, 4.69) is 10.3 Å². The molecule has 7 nitrogen and oxygen atoms in total. The number of benzene rings is 2. The second-order valence-electron chi connectivity index (χ2n) is 6.64. The third kappa shape index (κ3) is 6.29. The van der Waals surface area contributed by atoms with Crippen LogP contribution in [-0.2, 0) is 16.1 Å². The van der Waals surface area contributed by atoms with E-state index in [1.807, 2.05) is 25.3 Å². The number of aryl methyl sites for hydroxylation is 1. The van der Waals surface area contributed by atoms with Crippen molar-refractivity contribution in [2.75, 3.05) is 11.9 Å². The minimum Gasteiger partial charge on any atom is -0.492 e. The van der Waals surface area contributed by atoms with Gasteiger partial charge in [-0.1, -0.05) is 18.2 Å². The number of ether oxygens (including phenoxy) is 3. The number of thiazole rings is 1. The average molecular weight is 441 g/mol. The van der Waals surface area contributed by atoms with Crippen LogP contribution in [0.3, 0.4) is 0 Å². The van der Waals surface area contributed by atoms with Crippen LogP contribution in [0, 0.1) is 6.92 Å². The molecule has 0 radical (unpaired) electrons. The molecule has 0 aliphatic heterocycles. The van der Waals surface area contributed by atoms with Gasteiger partial charge in [-0.15, -0.1) is 11.3 Å². The normalized spacial score (nSPS) is 11.5. The van der Waals surface area contributed by atoms with E-state index in [0.29, 0.717) is 36.0 Å². The Balaban J connectivity index is 1.58. The van der Waals surface area contributed by atoms with Crippen LogP contribution < -0.4 is 14.8 Å². The number of carbonyl (C=O) groups excluding carboxylic acids is 2. The first kappa shape index (κ1) is 22.3. The van der Waals surface area contributed by atoms with Crippen LogP contribution in [0.2, 0.25) is 0 Å². The Morgan fingerprint density at radius 1 is 1.13 bits per heavy atom. The molecular formula is C23H24N2O5S. The number of hydrogen-bond donors (Lipinski definition) is 1. The zero-order chi connectivity index (χ0) is 22.2. The summed E-state index contributed by atoms with van der Waals surface area (Å²) in [4.78, 5) is 29.4. The highest BCUT2D eigenvalue weighted by molar-refractivity contribution is 7.09. The largest absolute Gasteiger partial charge is 0.492 e. The summed E-state index contributed by atoms with van der Waals surface area (Å²) in [5.74, 6) is 0.00221. The summed E-state index contributed by atoms with van der Waals surface area (Å²) >= 11 is 1.55. The molecule has 1 heterocycles. The summed E-state index contributed by atoms with van der Waals surface area (Å²) in [6, 6.07) is 13.7. The second kappa shape index (κ2) is 10.6. The van der Waals surface area contributed by atoms with Crippen molar-refractivity contribution in [3.05, 3.63) is 70.2 Å². The van der Waals surface area contributed by atoms with E-state index in [4.69, 9.17) is 14.2 Å². The first-order chi connectivity index (χ1) is 15.0. The van der Waals surface area contributed by atoms with Crippen LogP contribution in [0.4, 0.5) is 5.69 Å². The first-order valence-corrected chi connectivity index (χ1v) is 10.7. The molecule has 0 spiro atoms. The molecule has 0 saturated carbocycles. The maximum atomic E-state index is 12.5. The number of nitrogens with one attached hydrogen (secondary N) is 1. The van der Waals surface area contributed by atoms with Crippen LogP contribution in [-0.4, -0.2) is 29.6 Å². The number of carbonyl (C=O) groups is 2. The molecule has 31 heavy (non-hydrogen) atoms. The summed E-state index contributed by atoms with van der Waals surface area (Å²) in [6.45, 7) is 6.08. The molecule has 0 saturated heterocycles. The fourth-order valence-electron chi connectivity index (χ4n) is 2.71. The molecule has 0 aliphatic carbocycles. The number of anilines is 1. The molecule has 2 aromatic carbocycles. The number of amides is 1. The van der Waals surface area contributed by atoms with Gasteiger partial charge in [-0.05, 0) is 51.1 Å². The molecule has 1 N–H and O–H groups in total.